The molecule has 0 unspecified atom stereocenters. The fraction of sp³-hybridized carbons (Fsp3) is 0.100. The van der Waals surface area contributed by atoms with Crippen LogP contribution >= 0.6 is 15.9 Å². The first-order valence-corrected chi connectivity index (χ1v) is 6.88. The van der Waals surface area contributed by atoms with Crippen molar-refractivity contribution in [1.29, 1.82) is 0 Å². The SMILES string of the molecule is CN1C(C(N)=O)=C(Br)c2ccccc2S1(=O)=O. The number of hydrogen-bond donors (Lipinski definition) is 1. The summed E-state index contributed by atoms with van der Waals surface area (Å²) in [5, 5.41) is 0. The van der Waals surface area contributed by atoms with Gasteiger partial charge in [0.05, 0.1) is 9.38 Å². The third-order valence-electron chi connectivity index (χ3n) is 2.52. The Bertz CT molecular complexity index is 637. The molecule has 0 radical (unpaired) electrons. The molecule has 0 spiro atoms. The monoisotopic (exact) mass is 316 g/mol. The van der Waals surface area contributed by atoms with Crippen LogP contribution < -0.4 is 5.73 Å². The van der Waals surface area contributed by atoms with Gasteiger partial charge in [-0.25, -0.2) is 8.42 Å². The Morgan fingerprint density at radius 1 is 1.35 bits per heavy atom. The number of sulfonamides is 1. The third kappa shape index (κ3) is 1.66. The molecule has 0 fully saturated rings. The summed E-state index contributed by atoms with van der Waals surface area (Å²) >= 11 is 3.22. The van der Waals surface area contributed by atoms with E-state index in [-0.39, 0.29) is 10.6 Å². The number of nitrogens with zero attached hydrogens (tertiary/aromatic N) is 1. The van der Waals surface area contributed by atoms with E-state index < -0.39 is 15.9 Å². The molecule has 1 heterocycles. The van der Waals surface area contributed by atoms with Crippen LogP contribution in [0.5, 0.6) is 0 Å². The van der Waals surface area contributed by atoms with E-state index in [1.165, 1.54) is 13.1 Å². The van der Waals surface area contributed by atoms with Crippen molar-refractivity contribution in [3.05, 3.63) is 35.5 Å². The van der Waals surface area contributed by atoms with E-state index in [4.69, 9.17) is 5.73 Å². The number of fused-ring (bicyclic) bond motifs is 1. The van der Waals surface area contributed by atoms with E-state index in [0.717, 1.165) is 4.31 Å². The minimum Gasteiger partial charge on any atom is -0.364 e. The second-order valence-corrected chi connectivity index (χ2v) is 6.23. The van der Waals surface area contributed by atoms with E-state index in [1.807, 2.05) is 0 Å². The van der Waals surface area contributed by atoms with Crippen LogP contribution in [0.2, 0.25) is 0 Å². The molecule has 17 heavy (non-hydrogen) atoms. The zero-order valence-corrected chi connectivity index (χ0v) is 11.2. The molecule has 1 aromatic carbocycles. The summed E-state index contributed by atoms with van der Waals surface area (Å²) in [6, 6.07) is 6.42. The lowest BCUT2D eigenvalue weighted by atomic mass is 10.2. The molecule has 5 nitrogen and oxygen atoms in total. The first kappa shape index (κ1) is 12.1. The predicted molar refractivity (Wildman–Crippen MR) is 66.4 cm³/mol. The zero-order valence-electron chi connectivity index (χ0n) is 8.84. The van der Waals surface area contributed by atoms with Crippen LogP contribution in [-0.2, 0) is 14.8 Å². The summed E-state index contributed by atoms with van der Waals surface area (Å²) in [4.78, 5) is 11.5. The van der Waals surface area contributed by atoms with Crippen LogP contribution in [0.15, 0.2) is 34.9 Å². The van der Waals surface area contributed by atoms with Crippen LogP contribution in [0.25, 0.3) is 4.48 Å². The van der Waals surface area contributed by atoms with Gasteiger partial charge in [-0.1, -0.05) is 18.2 Å². The number of carbonyl (C=O) groups excluding carboxylic acids is 1. The summed E-state index contributed by atoms with van der Waals surface area (Å²) in [6.07, 6.45) is 0. The number of rotatable bonds is 1. The summed E-state index contributed by atoms with van der Waals surface area (Å²) < 4.78 is 25.5. The molecular formula is C10H9BrN2O3S. The van der Waals surface area contributed by atoms with Crippen molar-refractivity contribution in [1.82, 2.24) is 4.31 Å². The lowest BCUT2D eigenvalue weighted by Gasteiger charge is -2.27. The maximum atomic E-state index is 12.1. The standard InChI is InChI=1S/C10H9BrN2O3S/c1-13-9(10(12)14)8(11)6-4-2-3-5-7(6)17(13,15)16/h2-5H,1H3,(H2,12,14). The van der Waals surface area contributed by atoms with Crippen molar-refractivity contribution in [2.24, 2.45) is 5.73 Å². The van der Waals surface area contributed by atoms with Crippen molar-refractivity contribution >= 4 is 36.3 Å². The molecule has 0 atom stereocenters. The van der Waals surface area contributed by atoms with E-state index in [1.54, 1.807) is 18.2 Å². The highest BCUT2D eigenvalue weighted by Gasteiger charge is 2.35. The summed E-state index contributed by atoms with van der Waals surface area (Å²) in [6.45, 7) is 0. The topological polar surface area (TPSA) is 80.5 Å². The summed E-state index contributed by atoms with van der Waals surface area (Å²) in [5.41, 5.74) is 5.57. The lowest BCUT2D eigenvalue weighted by Crippen LogP contribution is -2.36. The molecule has 1 aromatic rings. The quantitative estimate of drug-likeness (QED) is 0.834. The Labute approximate surface area is 107 Å². The molecule has 0 saturated carbocycles. The minimum atomic E-state index is -3.70. The molecular weight excluding hydrogens is 308 g/mol. The van der Waals surface area contributed by atoms with Gasteiger partial charge in [-0.05, 0) is 22.0 Å². The van der Waals surface area contributed by atoms with Gasteiger partial charge in [0, 0.05) is 12.6 Å². The largest absolute Gasteiger partial charge is 0.364 e. The number of benzene rings is 1. The highest BCUT2D eigenvalue weighted by Crippen LogP contribution is 2.38. The van der Waals surface area contributed by atoms with Gasteiger partial charge in [-0.15, -0.1) is 0 Å². The number of primary amides is 1. The van der Waals surface area contributed by atoms with Crippen molar-refractivity contribution in [3.8, 4) is 0 Å². The van der Waals surface area contributed by atoms with Crippen LogP contribution in [0.3, 0.4) is 0 Å². The molecule has 0 bridgehead atoms. The van der Waals surface area contributed by atoms with Gasteiger partial charge in [-0.2, -0.15) is 0 Å². The Hall–Kier alpha value is -1.34. The number of likely N-dealkylation sites (N-methyl/N-ethyl adjacent to an activating group) is 1. The summed E-state index contributed by atoms with van der Waals surface area (Å²) in [7, 11) is -2.40. The minimum absolute atomic E-state index is 0.0660. The van der Waals surface area contributed by atoms with Gasteiger partial charge in [0.25, 0.3) is 15.9 Å². The molecule has 1 amide bonds. The van der Waals surface area contributed by atoms with Crippen molar-refractivity contribution < 1.29 is 13.2 Å². The molecule has 1 aliphatic rings. The van der Waals surface area contributed by atoms with Crippen LogP contribution in [0.1, 0.15) is 5.56 Å². The molecule has 0 aliphatic carbocycles. The van der Waals surface area contributed by atoms with Gasteiger partial charge in [-0.3, -0.25) is 9.10 Å². The van der Waals surface area contributed by atoms with Crippen LogP contribution in [0.4, 0.5) is 0 Å². The van der Waals surface area contributed by atoms with Crippen molar-refractivity contribution in [3.63, 3.8) is 0 Å². The Morgan fingerprint density at radius 2 is 1.94 bits per heavy atom. The fourth-order valence-corrected chi connectivity index (χ4v) is 4.14. The number of amides is 1. The molecule has 0 saturated heterocycles. The maximum Gasteiger partial charge on any atom is 0.267 e. The molecule has 0 aromatic heterocycles. The van der Waals surface area contributed by atoms with Gasteiger partial charge in [0.15, 0.2) is 0 Å². The van der Waals surface area contributed by atoms with Gasteiger partial charge < -0.3 is 5.73 Å². The van der Waals surface area contributed by atoms with Crippen LogP contribution in [0, 0.1) is 0 Å². The number of halogens is 1. The van der Waals surface area contributed by atoms with Crippen molar-refractivity contribution in [2.75, 3.05) is 7.05 Å². The highest BCUT2D eigenvalue weighted by atomic mass is 79.9. The number of hydrogen-bond acceptors (Lipinski definition) is 3. The third-order valence-corrected chi connectivity index (χ3v) is 5.14. The maximum absolute atomic E-state index is 12.1. The first-order valence-electron chi connectivity index (χ1n) is 4.65. The smallest absolute Gasteiger partial charge is 0.267 e. The Balaban J connectivity index is 2.87. The van der Waals surface area contributed by atoms with Gasteiger partial charge >= 0.3 is 0 Å². The van der Waals surface area contributed by atoms with Gasteiger partial charge in [0.2, 0.25) is 0 Å². The molecule has 1 aliphatic heterocycles. The fourth-order valence-electron chi connectivity index (χ4n) is 1.67. The summed E-state index contributed by atoms with van der Waals surface area (Å²) in [5.74, 6) is -0.794. The second-order valence-electron chi connectivity index (χ2n) is 3.50. The average molecular weight is 317 g/mol. The first-order chi connectivity index (χ1) is 7.87. The van der Waals surface area contributed by atoms with E-state index in [2.05, 4.69) is 15.9 Å². The van der Waals surface area contributed by atoms with E-state index >= 15 is 0 Å². The van der Waals surface area contributed by atoms with Gasteiger partial charge in [0.1, 0.15) is 5.70 Å². The Kier molecular flexibility index (Phi) is 2.75. The zero-order chi connectivity index (χ0) is 12.8. The van der Waals surface area contributed by atoms with E-state index in [9.17, 15) is 13.2 Å². The molecule has 2 rings (SSSR count). The molecule has 2 N–H and O–H groups in total. The van der Waals surface area contributed by atoms with Crippen LogP contribution in [-0.4, -0.2) is 25.7 Å². The number of nitrogens with two attached hydrogens (primary N) is 1. The number of carbonyl (C=O) groups is 1. The lowest BCUT2D eigenvalue weighted by molar-refractivity contribution is -0.115. The second kappa shape index (κ2) is 3.85. The predicted octanol–water partition coefficient (Wildman–Crippen LogP) is 0.870. The average Bonchev–Trinajstić information content (AvgIpc) is 2.27. The molecule has 90 valence electrons. The molecule has 7 heteroatoms. The normalized spacial score (nSPS) is 17.9. The highest BCUT2D eigenvalue weighted by molar-refractivity contribution is 9.15. The van der Waals surface area contributed by atoms with Crippen molar-refractivity contribution in [2.45, 2.75) is 4.90 Å². The Morgan fingerprint density at radius 3 is 2.53 bits per heavy atom. The van der Waals surface area contributed by atoms with E-state index in [0.29, 0.717) is 10.0 Å².